The number of nitrogens with one attached hydrogen (secondary N) is 1. The van der Waals surface area contributed by atoms with Gasteiger partial charge in [0.2, 0.25) is 11.8 Å². The zero-order chi connectivity index (χ0) is 33.3. The lowest BCUT2D eigenvalue weighted by molar-refractivity contribution is -0.140. The molecular formula is C35H37Cl2N3O5S. The molecule has 0 bridgehead atoms. The normalized spacial score (nSPS) is 11.8. The summed E-state index contributed by atoms with van der Waals surface area (Å²) < 4.78 is 35.1. The maximum atomic E-state index is 14.6. The van der Waals surface area contributed by atoms with Crippen molar-refractivity contribution in [2.75, 3.05) is 24.5 Å². The number of nitrogens with zero attached hydrogens (tertiary/aromatic N) is 2. The van der Waals surface area contributed by atoms with Crippen LogP contribution in [0.15, 0.2) is 102 Å². The molecule has 0 unspecified atom stereocenters. The van der Waals surface area contributed by atoms with Gasteiger partial charge in [0.05, 0.1) is 17.7 Å². The van der Waals surface area contributed by atoms with E-state index in [1.54, 1.807) is 42.5 Å². The predicted molar refractivity (Wildman–Crippen MR) is 183 cm³/mol. The van der Waals surface area contributed by atoms with E-state index in [0.717, 1.165) is 15.4 Å². The lowest BCUT2D eigenvalue weighted by Gasteiger charge is -2.34. The average molecular weight is 683 g/mol. The Morgan fingerprint density at radius 1 is 0.913 bits per heavy atom. The van der Waals surface area contributed by atoms with Crippen LogP contribution in [-0.2, 0) is 32.6 Å². The Hall–Kier alpha value is -4.05. The van der Waals surface area contributed by atoms with Crippen LogP contribution in [0.2, 0.25) is 10.0 Å². The molecule has 4 aromatic carbocycles. The lowest BCUT2D eigenvalue weighted by atomic mass is 10.0. The number of carbonyl (C=O) groups excluding carboxylic acids is 2. The first-order chi connectivity index (χ1) is 22.0. The number of rotatable bonds is 14. The van der Waals surface area contributed by atoms with Crippen molar-refractivity contribution >= 4 is 50.7 Å². The van der Waals surface area contributed by atoms with Gasteiger partial charge in [-0.2, -0.15) is 0 Å². The molecule has 46 heavy (non-hydrogen) atoms. The number of benzene rings is 4. The zero-order valence-electron chi connectivity index (χ0n) is 26.0. The van der Waals surface area contributed by atoms with Crippen LogP contribution < -0.4 is 14.4 Å². The average Bonchev–Trinajstić information content (AvgIpc) is 3.05. The molecule has 8 nitrogen and oxygen atoms in total. The molecule has 1 atom stereocenters. The molecular weight excluding hydrogens is 645 g/mol. The topological polar surface area (TPSA) is 96.0 Å². The van der Waals surface area contributed by atoms with E-state index in [0.29, 0.717) is 23.6 Å². The lowest BCUT2D eigenvalue weighted by Crippen LogP contribution is -2.53. The van der Waals surface area contributed by atoms with Crippen molar-refractivity contribution < 1.29 is 22.7 Å². The van der Waals surface area contributed by atoms with Crippen molar-refractivity contribution in [1.29, 1.82) is 0 Å². The number of methoxy groups -OCH3 is 1. The monoisotopic (exact) mass is 681 g/mol. The molecule has 11 heteroatoms. The fraction of sp³-hybridized carbons (Fsp3) is 0.257. The van der Waals surface area contributed by atoms with Gasteiger partial charge in [-0.15, -0.1) is 0 Å². The van der Waals surface area contributed by atoms with Gasteiger partial charge < -0.3 is 15.0 Å². The molecule has 0 aliphatic carbocycles. The van der Waals surface area contributed by atoms with Crippen molar-refractivity contribution in [1.82, 2.24) is 10.2 Å². The molecule has 4 aromatic rings. The Bertz CT molecular complexity index is 1750. The van der Waals surface area contributed by atoms with Crippen LogP contribution in [0.1, 0.15) is 30.0 Å². The highest BCUT2D eigenvalue weighted by Crippen LogP contribution is 2.35. The molecule has 0 spiro atoms. The highest BCUT2D eigenvalue weighted by Gasteiger charge is 2.35. The molecule has 0 fully saturated rings. The molecule has 1 N–H and O–H groups in total. The molecule has 0 heterocycles. The Labute approximate surface area is 280 Å². The summed E-state index contributed by atoms with van der Waals surface area (Å²) >= 11 is 12.9. The molecule has 2 amide bonds. The Kier molecular flexibility index (Phi) is 12.1. The van der Waals surface area contributed by atoms with Crippen LogP contribution in [0.3, 0.4) is 0 Å². The smallest absolute Gasteiger partial charge is 0.264 e. The van der Waals surface area contributed by atoms with E-state index < -0.39 is 28.5 Å². The van der Waals surface area contributed by atoms with Crippen LogP contribution in [0.4, 0.5) is 5.69 Å². The molecule has 0 aromatic heterocycles. The second-order valence-corrected chi connectivity index (χ2v) is 13.5. The summed E-state index contributed by atoms with van der Waals surface area (Å²) in [4.78, 5) is 29.7. The van der Waals surface area contributed by atoms with E-state index in [-0.39, 0.29) is 40.2 Å². The van der Waals surface area contributed by atoms with Crippen molar-refractivity contribution in [3.8, 4) is 5.75 Å². The number of hydrogen-bond acceptors (Lipinski definition) is 5. The minimum absolute atomic E-state index is 0.0212. The van der Waals surface area contributed by atoms with Gasteiger partial charge >= 0.3 is 0 Å². The Morgan fingerprint density at radius 2 is 1.59 bits per heavy atom. The number of halogens is 2. The number of hydrogen-bond donors (Lipinski definition) is 1. The van der Waals surface area contributed by atoms with E-state index in [2.05, 4.69) is 5.32 Å². The molecule has 0 aliphatic rings. The molecule has 0 saturated carbocycles. The number of carbonyl (C=O) groups is 2. The number of ether oxygens (including phenoxy) is 1. The maximum Gasteiger partial charge on any atom is 0.264 e. The maximum absolute atomic E-state index is 14.6. The fourth-order valence-electron chi connectivity index (χ4n) is 4.94. The minimum atomic E-state index is -4.33. The Morgan fingerprint density at radius 3 is 2.24 bits per heavy atom. The number of sulfonamides is 1. The van der Waals surface area contributed by atoms with Gasteiger partial charge in [0.15, 0.2) is 0 Å². The predicted octanol–water partition coefficient (Wildman–Crippen LogP) is 6.67. The third-order valence-corrected chi connectivity index (χ3v) is 9.79. The van der Waals surface area contributed by atoms with E-state index in [9.17, 15) is 18.0 Å². The van der Waals surface area contributed by atoms with E-state index in [1.165, 1.54) is 36.3 Å². The van der Waals surface area contributed by atoms with Crippen molar-refractivity contribution in [2.24, 2.45) is 0 Å². The molecule has 0 radical (unpaired) electrons. The summed E-state index contributed by atoms with van der Waals surface area (Å²) in [7, 11) is -2.92. The molecule has 0 aliphatic heterocycles. The van der Waals surface area contributed by atoms with E-state index >= 15 is 0 Å². The third kappa shape index (κ3) is 8.60. The highest BCUT2D eigenvalue weighted by molar-refractivity contribution is 7.92. The second kappa shape index (κ2) is 16.0. The van der Waals surface area contributed by atoms with Gasteiger partial charge in [0.25, 0.3) is 10.0 Å². The second-order valence-electron chi connectivity index (χ2n) is 10.8. The van der Waals surface area contributed by atoms with Crippen molar-refractivity contribution in [3.05, 3.63) is 124 Å². The van der Waals surface area contributed by atoms with Crippen LogP contribution >= 0.6 is 23.2 Å². The number of anilines is 1. The van der Waals surface area contributed by atoms with Gasteiger partial charge in [-0.05, 0) is 60.9 Å². The first-order valence-electron chi connectivity index (χ1n) is 14.8. The largest absolute Gasteiger partial charge is 0.495 e. The Balaban J connectivity index is 1.85. The first-order valence-corrected chi connectivity index (χ1v) is 17.0. The zero-order valence-corrected chi connectivity index (χ0v) is 28.3. The summed E-state index contributed by atoms with van der Waals surface area (Å²) in [5.41, 5.74) is 2.38. The van der Waals surface area contributed by atoms with Gasteiger partial charge in [-0.3, -0.25) is 13.9 Å². The number of aryl methyl sites for hydroxylation is 1. The first kappa shape index (κ1) is 34.8. The summed E-state index contributed by atoms with van der Waals surface area (Å²) in [5, 5.41) is 3.59. The molecule has 0 saturated heterocycles. The summed E-state index contributed by atoms with van der Waals surface area (Å²) in [5.74, 6) is -0.781. The van der Waals surface area contributed by atoms with Crippen molar-refractivity contribution in [3.63, 3.8) is 0 Å². The van der Waals surface area contributed by atoms with Crippen LogP contribution in [-0.4, -0.2) is 51.4 Å². The van der Waals surface area contributed by atoms with Crippen LogP contribution in [0.5, 0.6) is 5.75 Å². The van der Waals surface area contributed by atoms with Gasteiger partial charge in [-0.1, -0.05) is 96.4 Å². The van der Waals surface area contributed by atoms with Crippen molar-refractivity contribution in [2.45, 2.75) is 44.2 Å². The standard InChI is InChI=1S/C35H37Cl2N3O5S/c1-4-20-38-35(42)32(21-26-10-6-5-7-11-26)39(23-27-12-8-9-13-30(27)37)34(41)24-40(31-22-28(36)16-19-33(31)45-3)46(43,44)29-17-14-25(2)15-18-29/h5-19,22,32H,4,20-21,23-24H2,1-3H3,(H,38,42)/t32-/m1/s1. The minimum Gasteiger partial charge on any atom is -0.495 e. The molecule has 4 rings (SSSR count). The van der Waals surface area contributed by atoms with Gasteiger partial charge in [0, 0.05) is 29.6 Å². The third-order valence-electron chi connectivity index (χ3n) is 7.42. The SMILES string of the molecule is CCCNC(=O)[C@@H](Cc1ccccc1)N(Cc1ccccc1Cl)C(=O)CN(c1cc(Cl)ccc1OC)S(=O)(=O)c1ccc(C)cc1. The van der Waals surface area contributed by atoms with Gasteiger partial charge in [0.1, 0.15) is 18.3 Å². The van der Waals surface area contributed by atoms with E-state index in [4.69, 9.17) is 27.9 Å². The quantitative estimate of drug-likeness (QED) is 0.160. The summed E-state index contributed by atoms with van der Waals surface area (Å²) in [6.07, 6.45) is 0.886. The number of amides is 2. The van der Waals surface area contributed by atoms with E-state index in [1.807, 2.05) is 44.2 Å². The fourth-order valence-corrected chi connectivity index (χ4v) is 6.72. The summed E-state index contributed by atoms with van der Waals surface area (Å²) in [6, 6.07) is 26.3. The highest BCUT2D eigenvalue weighted by atomic mass is 35.5. The van der Waals surface area contributed by atoms with Crippen LogP contribution in [0.25, 0.3) is 0 Å². The summed E-state index contributed by atoms with van der Waals surface area (Å²) in [6.45, 7) is 3.50. The van der Waals surface area contributed by atoms with Gasteiger partial charge in [-0.25, -0.2) is 8.42 Å². The molecule has 242 valence electrons. The van der Waals surface area contributed by atoms with Crippen LogP contribution in [0, 0.1) is 6.92 Å².